The fourth-order valence-electron chi connectivity index (χ4n) is 1.23. The van der Waals surface area contributed by atoms with Crippen LogP contribution in [0.2, 0.25) is 0 Å². The van der Waals surface area contributed by atoms with Crippen LogP contribution in [0.15, 0.2) is 24.3 Å². The van der Waals surface area contributed by atoms with Crippen molar-refractivity contribution < 1.29 is 27.7 Å². The van der Waals surface area contributed by atoms with Crippen LogP contribution in [0.5, 0.6) is 0 Å². The first kappa shape index (κ1) is 19.0. The molecule has 0 aliphatic carbocycles. The normalized spacial score (nSPS) is 10.2. The van der Waals surface area contributed by atoms with Crippen molar-refractivity contribution in [1.82, 2.24) is 0 Å². The van der Waals surface area contributed by atoms with E-state index in [0.717, 1.165) is 0 Å². The van der Waals surface area contributed by atoms with Gasteiger partial charge in [-0.05, 0) is 17.7 Å². The number of anilines is 1. The molecule has 0 unspecified atom stereocenters. The van der Waals surface area contributed by atoms with Gasteiger partial charge in [-0.1, -0.05) is 12.1 Å². The minimum atomic E-state index is -3.80. The molecule has 0 spiro atoms. The molecule has 8 nitrogen and oxygen atoms in total. The smallest absolute Gasteiger partial charge is 0.307 e. The SMILES string of the molecule is CC(=O)Nc1ccc(CC(=O)O)cc1.NCCS(=O)(=O)O. The van der Waals surface area contributed by atoms with Crippen molar-refractivity contribution in [1.29, 1.82) is 0 Å². The molecule has 0 bridgehead atoms. The Morgan fingerprint density at radius 1 is 1.24 bits per heavy atom. The van der Waals surface area contributed by atoms with Crippen molar-refractivity contribution in [3.8, 4) is 0 Å². The fraction of sp³-hybridized carbons (Fsp3) is 0.333. The van der Waals surface area contributed by atoms with Crippen molar-refractivity contribution in [2.75, 3.05) is 17.6 Å². The number of hydrogen-bond acceptors (Lipinski definition) is 5. The van der Waals surface area contributed by atoms with Gasteiger partial charge in [-0.25, -0.2) is 0 Å². The van der Waals surface area contributed by atoms with E-state index >= 15 is 0 Å². The van der Waals surface area contributed by atoms with E-state index in [1.165, 1.54) is 6.92 Å². The summed E-state index contributed by atoms with van der Waals surface area (Å²) in [4.78, 5) is 21.0. The molecular formula is C12H18N2O6S. The molecule has 0 saturated carbocycles. The van der Waals surface area contributed by atoms with Gasteiger partial charge in [0.1, 0.15) is 0 Å². The number of carboxylic acid groups (broad SMARTS) is 1. The Labute approximate surface area is 122 Å². The van der Waals surface area contributed by atoms with Gasteiger partial charge in [-0.2, -0.15) is 8.42 Å². The first-order valence-electron chi connectivity index (χ1n) is 5.87. The zero-order chi connectivity index (χ0) is 16.5. The van der Waals surface area contributed by atoms with Gasteiger partial charge in [-0.3, -0.25) is 14.1 Å². The van der Waals surface area contributed by atoms with Gasteiger partial charge in [-0.15, -0.1) is 0 Å². The summed E-state index contributed by atoms with van der Waals surface area (Å²) in [5, 5.41) is 11.1. The average Bonchev–Trinajstić information content (AvgIpc) is 2.29. The Kier molecular flexibility index (Phi) is 8.21. The van der Waals surface area contributed by atoms with E-state index < -0.39 is 16.1 Å². The van der Waals surface area contributed by atoms with Gasteiger partial charge in [0.05, 0.1) is 12.2 Å². The van der Waals surface area contributed by atoms with Crippen LogP contribution in [0.4, 0.5) is 5.69 Å². The summed E-state index contributed by atoms with van der Waals surface area (Å²) >= 11 is 0. The van der Waals surface area contributed by atoms with Crippen LogP contribution in [0.25, 0.3) is 0 Å². The van der Waals surface area contributed by atoms with Gasteiger partial charge in [0, 0.05) is 19.2 Å². The second-order valence-electron chi connectivity index (χ2n) is 4.02. The Balaban J connectivity index is 0.000000486. The summed E-state index contributed by atoms with van der Waals surface area (Å²) in [6, 6.07) is 6.72. The molecule has 21 heavy (non-hydrogen) atoms. The Morgan fingerprint density at radius 3 is 2.05 bits per heavy atom. The molecule has 0 saturated heterocycles. The largest absolute Gasteiger partial charge is 0.481 e. The highest BCUT2D eigenvalue weighted by Crippen LogP contribution is 2.09. The van der Waals surface area contributed by atoms with Gasteiger partial charge in [0.2, 0.25) is 5.91 Å². The van der Waals surface area contributed by atoms with Gasteiger partial charge >= 0.3 is 5.97 Å². The van der Waals surface area contributed by atoms with E-state index in [0.29, 0.717) is 11.3 Å². The molecule has 1 aromatic rings. The highest BCUT2D eigenvalue weighted by molar-refractivity contribution is 7.85. The van der Waals surface area contributed by atoms with E-state index in [1.807, 2.05) is 0 Å². The molecule has 9 heteroatoms. The first-order valence-corrected chi connectivity index (χ1v) is 7.48. The standard InChI is InChI=1S/C10H11NO3.C2H7NO3S/c1-7(12)11-9-4-2-8(3-5-9)6-10(13)14;3-1-2-7(4,5)6/h2-5H,6H2,1H3,(H,11,12)(H,13,14);1-3H2,(H,4,5,6). The van der Waals surface area contributed by atoms with E-state index in [1.54, 1.807) is 24.3 Å². The van der Waals surface area contributed by atoms with Crippen molar-refractivity contribution >= 4 is 27.7 Å². The third-order valence-corrected chi connectivity index (χ3v) is 2.76. The molecule has 0 aromatic heterocycles. The lowest BCUT2D eigenvalue weighted by molar-refractivity contribution is -0.136. The van der Waals surface area contributed by atoms with E-state index in [-0.39, 0.29) is 24.6 Å². The molecule has 0 aliphatic heterocycles. The number of hydrogen-bond donors (Lipinski definition) is 4. The number of carbonyl (C=O) groups excluding carboxylic acids is 1. The van der Waals surface area contributed by atoms with Crippen LogP contribution >= 0.6 is 0 Å². The average molecular weight is 318 g/mol. The van der Waals surface area contributed by atoms with Crippen LogP contribution in [-0.4, -0.2) is 42.3 Å². The molecule has 0 aliphatic rings. The molecule has 1 rings (SSSR count). The molecule has 0 radical (unpaired) electrons. The summed E-state index contributed by atoms with van der Waals surface area (Å²) in [5.41, 5.74) is 6.16. The summed E-state index contributed by atoms with van der Waals surface area (Å²) < 4.78 is 27.3. The number of nitrogens with one attached hydrogen (secondary N) is 1. The highest BCUT2D eigenvalue weighted by atomic mass is 32.2. The topological polar surface area (TPSA) is 147 Å². The summed E-state index contributed by atoms with van der Waals surface area (Å²) in [5.74, 6) is -1.36. The quantitative estimate of drug-likeness (QED) is 0.563. The van der Waals surface area contributed by atoms with Crippen molar-refractivity contribution in [2.24, 2.45) is 5.73 Å². The summed E-state index contributed by atoms with van der Waals surface area (Å²) in [6.07, 6.45) is 0.000349. The van der Waals surface area contributed by atoms with E-state index in [9.17, 15) is 18.0 Å². The number of amides is 1. The minimum absolute atomic E-state index is 0.000349. The number of aliphatic carboxylic acids is 1. The Hall–Kier alpha value is -1.97. The number of carboxylic acids is 1. The van der Waals surface area contributed by atoms with Gasteiger partial charge < -0.3 is 16.2 Å². The predicted octanol–water partition coefficient (Wildman–Crippen LogP) is 0.105. The zero-order valence-corrected chi connectivity index (χ0v) is 12.3. The lowest BCUT2D eigenvalue weighted by atomic mass is 10.1. The van der Waals surface area contributed by atoms with Crippen molar-refractivity contribution in [3.05, 3.63) is 29.8 Å². The fourth-order valence-corrected chi connectivity index (χ4v) is 1.53. The van der Waals surface area contributed by atoms with Crippen molar-refractivity contribution in [2.45, 2.75) is 13.3 Å². The van der Waals surface area contributed by atoms with Crippen LogP contribution in [-0.2, 0) is 26.1 Å². The Bertz CT molecular complexity index is 533. The maximum Gasteiger partial charge on any atom is 0.307 e. The number of rotatable bonds is 5. The maximum atomic E-state index is 10.7. The molecule has 5 N–H and O–H groups in total. The van der Waals surface area contributed by atoms with Crippen LogP contribution in [0, 0.1) is 0 Å². The minimum Gasteiger partial charge on any atom is -0.481 e. The van der Waals surface area contributed by atoms with E-state index in [4.69, 9.17) is 15.4 Å². The molecule has 0 atom stereocenters. The first-order chi connectivity index (χ1) is 9.64. The summed E-state index contributed by atoms with van der Waals surface area (Å²) in [7, 11) is -3.80. The molecule has 0 heterocycles. The molecular weight excluding hydrogens is 300 g/mol. The molecule has 1 aromatic carbocycles. The van der Waals surface area contributed by atoms with Gasteiger partial charge in [0.25, 0.3) is 10.1 Å². The second kappa shape index (κ2) is 9.06. The highest BCUT2D eigenvalue weighted by Gasteiger charge is 2.00. The lowest BCUT2D eigenvalue weighted by Gasteiger charge is -2.02. The van der Waals surface area contributed by atoms with E-state index in [2.05, 4.69) is 5.32 Å². The lowest BCUT2D eigenvalue weighted by Crippen LogP contribution is -2.13. The summed E-state index contributed by atoms with van der Waals surface area (Å²) in [6.45, 7) is 1.39. The monoisotopic (exact) mass is 318 g/mol. The third-order valence-electron chi connectivity index (χ3n) is 2.01. The van der Waals surface area contributed by atoms with Crippen molar-refractivity contribution in [3.63, 3.8) is 0 Å². The number of benzene rings is 1. The molecule has 1 amide bonds. The second-order valence-corrected chi connectivity index (χ2v) is 5.60. The van der Waals surface area contributed by atoms with Crippen LogP contribution < -0.4 is 11.1 Å². The molecule has 118 valence electrons. The third kappa shape index (κ3) is 11.5. The van der Waals surface area contributed by atoms with Crippen LogP contribution in [0.3, 0.4) is 0 Å². The number of nitrogens with two attached hydrogens (primary N) is 1. The molecule has 0 fully saturated rings. The van der Waals surface area contributed by atoms with Crippen LogP contribution in [0.1, 0.15) is 12.5 Å². The zero-order valence-electron chi connectivity index (χ0n) is 11.4. The number of carbonyl (C=O) groups is 2. The predicted molar refractivity (Wildman–Crippen MR) is 77.6 cm³/mol. The van der Waals surface area contributed by atoms with Gasteiger partial charge in [0.15, 0.2) is 0 Å². The maximum absolute atomic E-state index is 10.7. The Morgan fingerprint density at radius 2 is 1.76 bits per heavy atom.